The fourth-order valence-corrected chi connectivity index (χ4v) is 3.93. The number of rotatable bonds is 5. The second kappa shape index (κ2) is 5.70. The number of nitrogen functional groups attached to an aromatic ring is 1. The number of carboxylic acid groups (broad SMARTS) is 1. The Kier molecular flexibility index (Phi) is 4.70. The van der Waals surface area contributed by atoms with Gasteiger partial charge in [0.05, 0.1) is 17.7 Å². The molecular formula is C11H15NO5S2. The summed E-state index contributed by atoms with van der Waals surface area (Å²) >= 11 is 3.79. The predicted molar refractivity (Wildman–Crippen MR) is 74.6 cm³/mol. The van der Waals surface area contributed by atoms with Crippen molar-refractivity contribution in [1.82, 2.24) is 0 Å². The van der Waals surface area contributed by atoms with E-state index in [0.29, 0.717) is 5.56 Å². The first-order valence-electron chi connectivity index (χ1n) is 5.27. The molecule has 19 heavy (non-hydrogen) atoms. The molecule has 0 radical (unpaired) electrons. The van der Waals surface area contributed by atoms with Crippen LogP contribution in [0.15, 0.2) is 17.0 Å². The zero-order valence-electron chi connectivity index (χ0n) is 10.5. The molecule has 0 saturated heterocycles. The van der Waals surface area contributed by atoms with Crippen molar-refractivity contribution >= 4 is 34.1 Å². The lowest BCUT2D eigenvalue weighted by Crippen LogP contribution is -2.32. The van der Waals surface area contributed by atoms with Crippen LogP contribution in [0.3, 0.4) is 0 Å². The molecule has 0 fully saturated rings. The van der Waals surface area contributed by atoms with Gasteiger partial charge in [0, 0.05) is 11.8 Å². The van der Waals surface area contributed by atoms with Crippen molar-refractivity contribution in [1.29, 1.82) is 0 Å². The summed E-state index contributed by atoms with van der Waals surface area (Å²) in [5, 5.41) is 7.35. The van der Waals surface area contributed by atoms with Gasteiger partial charge in [-0.05, 0) is 18.6 Å². The van der Waals surface area contributed by atoms with Gasteiger partial charge in [0.15, 0.2) is 15.1 Å². The SMILES string of the molecule is COc1cc(S(=O)(=O)C(CS)C(=O)O)c(C)cc1N. The topological polar surface area (TPSA) is 107 Å². The Bertz CT molecular complexity index is 597. The first-order chi connectivity index (χ1) is 8.75. The summed E-state index contributed by atoms with van der Waals surface area (Å²) in [6.45, 7) is 1.54. The van der Waals surface area contributed by atoms with Crippen molar-refractivity contribution in [2.75, 3.05) is 18.6 Å². The number of nitrogens with two attached hydrogens (primary N) is 1. The molecule has 0 aliphatic rings. The minimum absolute atomic E-state index is 0.111. The van der Waals surface area contributed by atoms with Crippen LogP contribution in [-0.4, -0.2) is 37.6 Å². The zero-order chi connectivity index (χ0) is 14.8. The van der Waals surface area contributed by atoms with E-state index in [-0.39, 0.29) is 22.1 Å². The molecule has 1 unspecified atom stereocenters. The molecule has 1 aromatic carbocycles. The van der Waals surface area contributed by atoms with Gasteiger partial charge >= 0.3 is 5.97 Å². The molecule has 0 bridgehead atoms. The van der Waals surface area contributed by atoms with E-state index in [1.165, 1.54) is 19.2 Å². The van der Waals surface area contributed by atoms with E-state index in [4.69, 9.17) is 15.6 Å². The molecule has 3 N–H and O–H groups in total. The van der Waals surface area contributed by atoms with E-state index < -0.39 is 21.1 Å². The number of thiol groups is 1. The number of methoxy groups -OCH3 is 1. The third kappa shape index (κ3) is 2.95. The number of anilines is 1. The van der Waals surface area contributed by atoms with E-state index in [1.54, 1.807) is 6.92 Å². The van der Waals surface area contributed by atoms with Crippen LogP contribution in [0.5, 0.6) is 5.75 Å². The van der Waals surface area contributed by atoms with Crippen LogP contribution in [-0.2, 0) is 14.6 Å². The average Bonchev–Trinajstić information content (AvgIpc) is 2.28. The van der Waals surface area contributed by atoms with E-state index in [0.717, 1.165) is 0 Å². The highest BCUT2D eigenvalue weighted by atomic mass is 32.2. The number of benzene rings is 1. The standard InChI is InChI=1S/C11H15NO5S2/c1-6-3-7(12)8(17-2)4-9(6)19(15,16)10(5-18)11(13)14/h3-4,10,18H,5,12H2,1-2H3,(H,13,14). The maximum atomic E-state index is 12.3. The second-order valence-electron chi connectivity index (χ2n) is 3.91. The maximum absolute atomic E-state index is 12.3. The van der Waals surface area contributed by atoms with Gasteiger partial charge in [-0.15, -0.1) is 0 Å². The fourth-order valence-electron chi connectivity index (χ4n) is 1.64. The Morgan fingerprint density at radius 1 is 1.53 bits per heavy atom. The zero-order valence-corrected chi connectivity index (χ0v) is 12.2. The molecule has 0 spiro atoms. The summed E-state index contributed by atoms with van der Waals surface area (Å²) in [5.41, 5.74) is 6.32. The van der Waals surface area contributed by atoms with Crippen LogP contribution in [0.25, 0.3) is 0 Å². The molecule has 0 aromatic heterocycles. The summed E-state index contributed by atoms with van der Waals surface area (Å²) in [6, 6.07) is 2.67. The molecule has 8 heteroatoms. The van der Waals surface area contributed by atoms with E-state index >= 15 is 0 Å². The Morgan fingerprint density at radius 3 is 2.53 bits per heavy atom. The van der Waals surface area contributed by atoms with Crippen molar-refractivity contribution in [3.8, 4) is 5.75 Å². The number of aryl methyl sites for hydroxylation is 1. The van der Waals surface area contributed by atoms with Gasteiger partial charge < -0.3 is 15.6 Å². The Labute approximate surface area is 116 Å². The van der Waals surface area contributed by atoms with Crippen molar-refractivity contribution in [3.05, 3.63) is 17.7 Å². The Balaban J connectivity index is 3.48. The number of aliphatic carboxylic acids is 1. The number of ether oxygens (including phenoxy) is 1. The number of hydrogen-bond acceptors (Lipinski definition) is 6. The van der Waals surface area contributed by atoms with Gasteiger partial charge in [-0.1, -0.05) is 0 Å². The molecule has 0 saturated carbocycles. The van der Waals surface area contributed by atoms with E-state index in [9.17, 15) is 13.2 Å². The number of carbonyl (C=O) groups is 1. The van der Waals surface area contributed by atoms with Crippen molar-refractivity contribution < 1.29 is 23.1 Å². The summed E-state index contributed by atoms with van der Waals surface area (Å²) in [6.07, 6.45) is 0. The smallest absolute Gasteiger partial charge is 0.323 e. The summed E-state index contributed by atoms with van der Waals surface area (Å²) in [5.74, 6) is -1.57. The first kappa shape index (κ1) is 15.6. The van der Waals surface area contributed by atoms with Crippen LogP contribution in [0, 0.1) is 6.92 Å². The highest BCUT2D eigenvalue weighted by Gasteiger charge is 2.34. The molecule has 1 aromatic rings. The lowest BCUT2D eigenvalue weighted by molar-refractivity contribution is -0.136. The largest absolute Gasteiger partial charge is 0.495 e. The summed E-state index contributed by atoms with van der Waals surface area (Å²) in [7, 11) is -2.69. The molecule has 0 aliphatic heterocycles. The lowest BCUT2D eigenvalue weighted by atomic mass is 10.2. The van der Waals surface area contributed by atoms with E-state index in [1.807, 2.05) is 0 Å². The molecule has 6 nitrogen and oxygen atoms in total. The van der Waals surface area contributed by atoms with E-state index in [2.05, 4.69) is 12.6 Å². The fraction of sp³-hybridized carbons (Fsp3) is 0.364. The average molecular weight is 305 g/mol. The van der Waals surface area contributed by atoms with Gasteiger partial charge in [0.2, 0.25) is 0 Å². The van der Waals surface area contributed by atoms with Gasteiger partial charge in [-0.2, -0.15) is 12.6 Å². The van der Waals surface area contributed by atoms with Crippen molar-refractivity contribution in [2.24, 2.45) is 0 Å². The Hall–Kier alpha value is -1.41. The summed E-state index contributed by atoms with van der Waals surface area (Å²) in [4.78, 5) is 10.9. The molecule has 106 valence electrons. The third-order valence-electron chi connectivity index (χ3n) is 2.65. The van der Waals surface area contributed by atoms with Gasteiger partial charge in [0.1, 0.15) is 5.75 Å². The first-order valence-corrected chi connectivity index (χ1v) is 7.45. The molecule has 0 heterocycles. The second-order valence-corrected chi connectivity index (χ2v) is 6.38. The Morgan fingerprint density at radius 2 is 2.11 bits per heavy atom. The predicted octanol–water partition coefficient (Wildman–Crippen LogP) is 0.743. The van der Waals surface area contributed by atoms with Crippen molar-refractivity contribution in [2.45, 2.75) is 17.1 Å². The normalized spacial score (nSPS) is 13.0. The minimum atomic E-state index is -4.04. The highest BCUT2D eigenvalue weighted by Crippen LogP contribution is 2.30. The number of sulfone groups is 1. The van der Waals surface area contributed by atoms with Crippen LogP contribution >= 0.6 is 12.6 Å². The molecular weight excluding hydrogens is 290 g/mol. The monoisotopic (exact) mass is 305 g/mol. The quantitative estimate of drug-likeness (QED) is 0.547. The molecule has 0 amide bonds. The van der Waals surface area contributed by atoms with Gasteiger partial charge in [0.25, 0.3) is 0 Å². The van der Waals surface area contributed by atoms with Crippen LogP contribution in [0.1, 0.15) is 5.56 Å². The minimum Gasteiger partial charge on any atom is -0.495 e. The summed E-state index contributed by atoms with van der Waals surface area (Å²) < 4.78 is 29.5. The van der Waals surface area contributed by atoms with Gasteiger partial charge in [-0.25, -0.2) is 8.42 Å². The molecule has 0 aliphatic carbocycles. The number of carboxylic acids is 1. The number of hydrogen-bond donors (Lipinski definition) is 3. The highest BCUT2D eigenvalue weighted by molar-refractivity contribution is 7.94. The molecule has 1 atom stereocenters. The van der Waals surface area contributed by atoms with Crippen molar-refractivity contribution in [3.63, 3.8) is 0 Å². The molecule has 1 rings (SSSR count). The van der Waals surface area contributed by atoms with Crippen LogP contribution in [0.2, 0.25) is 0 Å². The van der Waals surface area contributed by atoms with Crippen LogP contribution < -0.4 is 10.5 Å². The van der Waals surface area contributed by atoms with Crippen LogP contribution in [0.4, 0.5) is 5.69 Å². The maximum Gasteiger partial charge on any atom is 0.323 e. The lowest BCUT2D eigenvalue weighted by Gasteiger charge is -2.15. The van der Waals surface area contributed by atoms with Gasteiger partial charge in [-0.3, -0.25) is 4.79 Å². The third-order valence-corrected chi connectivity index (χ3v) is 5.43.